The fourth-order valence-corrected chi connectivity index (χ4v) is 3.92. The number of carbonyl (C=O) groups excluding carboxylic acids is 1. The summed E-state index contributed by atoms with van der Waals surface area (Å²) in [7, 11) is 0. The Kier molecular flexibility index (Phi) is 5.71. The largest absolute Gasteiger partial charge is 0.300 e. The van der Waals surface area contributed by atoms with E-state index in [9.17, 15) is 4.79 Å². The van der Waals surface area contributed by atoms with Crippen molar-refractivity contribution < 1.29 is 4.79 Å². The monoisotopic (exact) mass is 432 g/mol. The number of hydrogen-bond acceptors (Lipinski definition) is 4. The van der Waals surface area contributed by atoms with Gasteiger partial charge in [-0.05, 0) is 78.9 Å². The van der Waals surface area contributed by atoms with Gasteiger partial charge in [-0.3, -0.25) is 4.79 Å². The topological polar surface area (TPSA) is 41.5 Å². The number of amidine groups is 1. The molecule has 0 bridgehead atoms. The van der Waals surface area contributed by atoms with Gasteiger partial charge in [0.15, 0.2) is 5.17 Å². The Morgan fingerprint density at radius 2 is 1.80 bits per heavy atom. The van der Waals surface area contributed by atoms with Crippen LogP contribution in [0.15, 0.2) is 55.7 Å². The lowest BCUT2D eigenvalue weighted by Crippen LogP contribution is -2.19. The van der Waals surface area contributed by atoms with Crippen molar-refractivity contribution in [3.8, 4) is 0 Å². The van der Waals surface area contributed by atoms with Crippen molar-refractivity contribution >= 4 is 62.3 Å². The van der Waals surface area contributed by atoms with Gasteiger partial charge in [0.25, 0.3) is 5.91 Å². The Balaban J connectivity index is 1.83. The van der Waals surface area contributed by atoms with Gasteiger partial charge in [0.05, 0.1) is 10.6 Å². The molecule has 0 aliphatic carbocycles. The SMILES string of the molecule is CSc1ccc(/C=C2\SC(=Nc3cc(C)c(Br)c(C)c3)NC2=O)cc1. The molecule has 3 nitrogen and oxygen atoms in total. The fraction of sp³-hybridized carbons (Fsp3) is 0.158. The van der Waals surface area contributed by atoms with E-state index in [1.54, 1.807) is 11.8 Å². The summed E-state index contributed by atoms with van der Waals surface area (Å²) in [6.45, 7) is 4.06. The quantitative estimate of drug-likeness (QED) is 0.500. The number of amides is 1. The molecule has 1 aliphatic rings. The highest BCUT2D eigenvalue weighted by atomic mass is 79.9. The molecule has 0 aromatic heterocycles. The Bertz CT molecular complexity index is 866. The molecule has 0 unspecified atom stereocenters. The molecule has 2 aromatic rings. The van der Waals surface area contributed by atoms with E-state index < -0.39 is 0 Å². The summed E-state index contributed by atoms with van der Waals surface area (Å²) >= 11 is 6.62. The van der Waals surface area contributed by atoms with E-state index in [0.717, 1.165) is 26.9 Å². The van der Waals surface area contributed by atoms with Gasteiger partial charge < -0.3 is 5.32 Å². The first-order valence-electron chi connectivity index (χ1n) is 7.66. The Morgan fingerprint density at radius 3 is 2.40 bits per heavy atom. The third-order valence-electron chi connectivity index (χ3n) is 3.72. The average molecular weight is 433 g/mol. The van der Waals surface area contributed by atoms with Gasteiger partial charge >= 0.3 is 0 Å². The summed E-state index contributed by atoms with van der Waals surface area (Å²) in [5.41, 5.74) is 4.09. The summed E-state index contributed by atoms with van der Waals surface area (Å²) in [5.74, 6) is -0.108. The normalized spacial score (nSPS) is 17.4. The lowest BCUT2D eigenvalue weighted by atomic mass is 10.1. The number of benzene rings is 2. The first-order chi connectivity index (χ1) is 12.0. The summed E-state index contributed by atoms with van der Waals surface area (Å²) in [6, 6.07) is 12.1. The Morgan fingerprint density at radius 1 is 1.16 bits per heavy atom. The standard InChI is InChI=1S/C19H17BrN2OS2/c1-11-8-14(9-12(2)17(11)20)21-19-22-18(23)16(25-19)10-13-4-6-15(24-3)7-5-13/h4-10H,1-3H3,(H,21,22,23)/b16-10-. The van der Waals surface area contributed by atoms with Crippen molar-refractivity contribution in [1.82, 2.24) is 5.32 Å². The van der Waals surface area contributed by atoms with Crippen LogP contribution in [0.4, 0.5) is 5.69 Å². The second-order valence-corrected chi connectivity index (χ2v) is 8.35. The van der Waals surface area contributed by atoms with Crippen LogP contribution >= 0.6 is 39.5 Å². The number of nitrogens with zero attached hydrogens (tertiary/aromatic N) is 1. The van der Waals surface area contributed by atoms with E-state index in [1.807, 2.05) is 50.4 Å². The number of rotatable bonds is 3. The van der Waals surface area contributed by atoms with Crippen LogP contribution in [0.5, 0.6) is 0 Å². The van der Waals surface area contributed by atoms with Crippen molar-refractivity contribution in [2.75, 3.05) is 6.26 Å². The molecule has 3 rings (SSSR count). The highest BCUT2D eigenvalue weighted by Crippen LogP contribution is 2.31. The number of halogens is 1. The zero-order valence-electron chi connectivity index (χ0n) is 14.1. The van der Waals surface area contributed by atoms with Gasteiger partial charge in [0.1, 0.15) is 0 Å². The third kappa shape index (κ3) is 4.37. The van der Waals surface area contributed by atoms with Gasteiger partial charge in [0, 0.05) is 9.37 Å². The number of aliphatic imine (C=N–C) groups is 1. The molecular weight excluding hydrogens is 416 g/mol. The molecule has 6 heteroatoms. The van der Waals surface area contributed by atoms with Gasteiger partial charge in [-0.25, -0.2) is 4.99 Å². The molecule has 0 radical (unpaired) electrons. The van der Waals surface area contributed by atoms with Gasteiger partial charge in [-0.15, -0.1) is 11.8 Å². The van der Waals surface area contributed by atoms with Crippen molar-refractivity contribution in [3.63, 3.8) is 0 Å². The molecule has 0 atom stereocenters. The molecule has 0 saturated carbocycles. The van der Waals surface area contributed by atoms with Gasteiger partial charge in [-0.2, -0.15) is 0 Å². The average Bonchev–Trinajstić information content (AvgIpc) is 2.92. The van der Waals surface area contributed by atoms with Crippen molar-refractivity contribution in [2.24, 2.45) is 4.99 Å². The highest BCUT2D eigenvalue weighted by molar-refractivity contribution is 9.10. The van der Waals surface area contributed by atoms with Crippen LogP contribution in [-0.4, -0.2) is 17.3 Å². The van der Waals surface area contributed by atoms with Crippen LogP contribution in [0, 0.1) is 13.8 Å². The zero-order chi connectivity index (χ0) is 18.0. The summed E-state index contributed by atoms with van der Waals surface area (Å²) in [6.07, 6.45) is 3.94. The van der Waals surface area contributed by atoms with E-state index in [0.29, 0.717) is 10.1 Å². The van der Waals surface area contributed by atoms with E-state index >= 15 is 0 Å². The maximum absolute atomic E-state index is 12.2. The molecule has 1 N–H and O–H groups in total. The van der Waals surface area contributed by atoms with E-state index in [2.05, 4.69) is 38.4 Å². The van der Waals surface area contributed by atoms with Crippen molar-refractivity contribution in [1.29, 1.82) is 0 Å². The van der Waals surface area contributed by atoms with Crippen LogP contribution in [0.1, 0.15) is 16.7 Å². The minimum absolute atomic E-state index is 0.108. The van der Waals surface area contributed by atoms with Crippen LogP contribution in [0.3, 0.4) is 0 Å². The summed E-state index contributed by atoms with van der Waals surface area (Å²) in [4.78, 5) is 18.6. The third-order valence-corrected chi connectivity index (χ3v) is 6.62. The number of nitrogens with one attached hydrogen (secondary N) is 1. The lowest BCUT2D eigenvalue weighted by Gasteiger charge is -2.04. The van der Waals surface area contributed by atoms with Crippen LogP contribution < -0.4 is 5.32 Å². The Labute approximate surface area is 164 Å². The summed E-state index contributed by atoms with van der Waals surface area (Å²) in [5, 5.41) is 3.45. The zero-order valence-corrected chi connectivity index (χ0v) is 17.3. The number of thioether (sulfide) groups is 2. The first-order valence-corrected chi connectivity index (χ1v) is 10.5. The van der Waals surface area contributed by atoms with Crippen LogP contribution in [0.2, 0.25) is 0 Å². The van der Waals surface area contributed by atoms with Gasteiger partial charge in [0.2, 0.25) is 0 Å². The molecular formula is C19H17BrN2OS2. The minimum atomic E-state index is -0.108. The van der Waals surface area contributed by atoms with Gasteiger partial charge in [-0.1, -0.05) is 28.1 Å². The van der Waals surface area contributed by atoms with E-state index in [4.69, 9.17) is 0 Å². The van der Waals surface area contributed by atoms with Crippen LogP contribution in [-0.2, 0) is 4.79 Å². The number of hydrogen-bond donors (Lipinski definition) is 1. The summed E-state index contributed by atoms with van der Waals surface area (Å²) < 4.78 is 1.09. The predicted octanol–water partition coefficient (Wildman–Crippen LogP) is 5.68. The number of aryl methyl sites for hydroxylation is 2. The predicted molar refractivity (Wildman–Crippen MR) is 113 cm³/mol. The van der Waals surface area contributed by atoms with E-state index in [1.165, 1.54) is 16.7 Å². The minimum Gasteiger partial charge on any atom is -0.300 e. The molecule has 1 heterocycles. The molecule has 2 aromatic carbocycles. The smallest absolute Gasteiger partial charge is 0.264 e. The van der Waals surface area contributed by atoms with E-state index in [-0.39, 0.29) is 5.91 Å². The lowest BCUT2D eigenvalue weighted by molar-refractivity contribution is -0.115. The molecule has 1 amide bonds. The highest BCUT2D eigenvalue weighted by Gasteiger charge is 2.23. The molecule has 1 saturated heterocycles. The molecule has 0 spiro atoms. The fourth-order valence-electron chi connectivity index (χ4n) is 2.44. The molecule has 1 aliphatic heterocycles. The maximum Gasteiger partial charge on any atom is 0.264 e. The van der Waals surface area contributed by atoms with Crippen molar-refractivity contribution in [2.45, 2.75) is 18.7 Å². The molecule has 1 fully saturated rings. The maximum atomic E-state index is 12.2. The molecule has 128 valence electrons. The second kappa shape index (κ2) is 7.81. The van der Waals surface area contributed by atoms with Crippen LogP contribution in [0.25, 0.3) is 6.08 Å². The molecule has 25 heavy (non-hydrogen) atoms. The number of carbonyl (C=O) groups is 1. The first kappa shape index (κ1) is 18.3. The Hall–Kier alpha value is -1.50. The van der Waals surface area contributed by atoms with Crippen molar-refractivity contribution in [3.05, 3.63) is 62.5 Å². The second-order valence-electron chi connectivity index (χ2n) is 5.65.